The number of benzene rings is 1. The first-order valence-corrected chi connectivity index (χ1v) is 5.04. The van der Waals surface area contributed by atoms with Crippen LogP contribution in [0.1, 0.15) is 11.1 Å². The van der Waals surface area contributed by atoms with Gasteiger partial charge in [-0.2, -0.15) is 13.2 Å². The van der Waals surface area contributed by atoms with Crippen molar-refractivity contribution in [1.29, 1.82) is 0 Å². The van der Waals surface area contributed by atoms with Gasteiger partial charge in [0.2, 0.25) is 0 Å². The Hall–Kier alpha value is -1.27. The number of nitrogens with one attached hydrogen (secondary N) is 1. The van der Waals surface area contributed by atoms with Gasteiger partial charge in [-0.25, -0.2) is 0 Å². The highest BCUT2D eigenvalue weighted by Gasteiger charge is 2.33. The molecule has 0 saturated carbocycles. The number of hydrogen-bond donors (Lipinski definition) is 2. The summed E-state index contributed by atoms with van der Waals surface area (Å²) < 4.78 is 42.2. The second-order valence-corrected chi connectivity index (χ2v) is 3.52. The number of halogens is 3. The molecule has 0 saturated heterocycles. The van der Waals surface area contributed by atoms with Crippen LogP contribution in [0.4, 0.5) is 13.2 Å². The van der Waals surface area contributed by atoms with Crippen molar-refractivity contribution in [3.63, 3.8) is 0 Å². The van der Waals surface area contributed by atoms with E-state index in [1.54, 1.807) is 7.11 Å². The van der Waals surface area contributed by atoms with Crippen molar-refractivity contribution < 1.29 is 23.0 Å². The Kier molecular flexibility index (Phi) is 4.77. The molecule has 1 aromatic carbocycles. The third-order valence-corrected chi connectivity index (χ3v) is 2.18. The summed E-state index contributed by atoms with van der Waals surface area (Å²) in [4.78, 5) is 0. The summed E-state index contributed by atoms with van der Waals surface area (Å²) in [5.41, 5.74) is -0.547. The van der Waals surface area contributed by atoms with Gasteiger partial charge in [0.05, 0.1) is 12.2 Å². The molecule has 0 aliphatic heterocycles. The van der Waals surface area contributed by atoms with Crippen molar-refractivity contribution in [2.75, 3.05) is 20.3 Å². The summed E-state index contributed by atoms with van der Waals surface area (Å²) in [6.45, 7) is 1.34. The Morgan fingerprint density at radius 2 is 2.06 bits per heavy atom. The van der Waals surface area contributed by atoms with Gasteiger partial charge in [-0.3, -0.25) is 0 Å². The number of aromatic hydroxyl groups is 1. The van der Waals surface area contributed by atoms with E-state index in [4.69, 9.17) is 9.84 Å². The van der Waals surface area contributed by atoms with E-state index in [9.17, 15) is 13.2 Å². The fraction of sp³-hybridized carbons (Fsp3) is 0.455. The predicted molar refractivity (Wildman–Crippen MR) is 56.7 cm³/mol. The predicted octanol–water partition coefficient (Wildman–Crippen LogP) is 2.15. The van der Waals surface area contributed by atoms with E-state index in [1.807, 2.05) is 0 Å². The van der Waals surface area contributed by atoms with Gasteiger partial charge in [-0.15, -0.1) is 0 Å². The van der Waals surface area contributed by atoms with Gasteiger partial charge >= 0.3 is 6.18 Å². The van der Waals surface area contributed by atoms with Crippen molar-refractivity contribution in [2.24, 2.45) is 0 Å². The maximum Gasteiger partial charge on any atom is 0.419 e. The van der Waals surface area contributed by atoms with Crippen LogP contribution in [0.2, 0.25) is 0 Å². The Morgan fingerprint density at radius 1 is 1.35 bits per heavy atom. The van der Waals surface area contributed by atoms with Crippen LogP contribution in [0.15, 0.2) is 18.2 Å². The Labute approximate surface area is 97.2 Å². The Bertz CT molecular complexity index is 366. The van der Waals surface area contributed by atoms with Crippen LogP contribution in [-0.2, 0) is 17.5 Å². The molecule has 17 heavy (non-hydrogen) atoms. The molecule has 0 aromatic heterocycles. The van der Waals surface area contributed by atoms with Crippen molar-refractivity contribution >= 4 is 0 Å². The van der Waals surface area contributed by atoms with E-state index in [1.165, 1.54) is 6.07 Å². The lowest BCUT2D eigenvalue weighted by atomic mass is 10.1. The van der Waals surface area contributed by atoms with Crippen molar-refractivity contribution in [2.45, 2.75) is 12.7 Å². The zero-order valence-electron chi connectivity index (χ0n) is 9.34. The van der Waals surface area contributed by atoms with Crippen LogP contribution in [-0.4, -0.2) is 25.4 Å². The topological polar surface area (TPSA) is 41.5 Å². The lowest BCUT2D eigenvalue weighted by molar-refractivity contribution is -0.138. The van der Waals surface area contributed by atoms with E-state index in [-0.39, 0.29) is 0 Å². The summed E-state index contributed by atoms with van der Waals surface area (Å²) in [6, 6.07) is 3.44. The molecule has 0 atom stereocenters. The molecule has 0 unspecified atom stereocenters. The fourth-order valence-electron chi connectivity index (χ4n) is 1.33. The van der Waals surface area contributed by atoms with Crippen molar-refractivity contribution in [3.05, 3.63) is 29.3 Å². The summed E-state index contributed by atoms with van der Waals surface area (Å²) >= 11 is 0. The number of phenolic OH excluding ortho intramolecular Hbond substituents is 1. The first-order chi connectivity index (χ1) is 7.95. The minimum atomic E-state index is -4.54. The summed E-state index contributed by atoms with van der Waals surface area (Å²) in [7, 11) is 1.55. The number of hydrogen-bond acceptors (Lipinski definition) is 3. The largest absolute Gasteiger partial charge is 0.507 e. The molecule has 0 aliphatic carbocycles. The lowest BCUT2D eigenvalue weighted by Gasteiger charge is -2.11. The normalized spacial score (nSPS) is 11.8. The number of rotatable bonds is 5. The van der Waals surface area contributed by atoms with E-state index >= 15 is 0 Å². The molecule has 0 radical (unpaired) electrons. The van der Waals surface area contributed by atoms with Crippen LogP contribution >= 0.6 is 0 Å². The highest BCUT2D eigenvalue weighted by Crippen LogP contribution is 2.35. The van der Waals surface area contributed by atoms with E-state index in [0.717, 1.165) is 12.1 Å². The molecule has 0 bridgehead atoms. The van der Waals surface area contributed by atoms with Crippen molar-refractivity contribution in [3.8, 4) is 5.75 Å². The molecule has 0 aliphatic rings. The molecule has 0 spiro atoms. The molecule has 0 fully saturated rings. The van der Waals surface area contributed by atoms with Crippen LogP contribution in [0.5, 0.6) is 5.75 Å². The Balaban J connectivity index is 2.69. The minimum Gasteiger partial charge on any atom is -0.507 e. The van der Waals surface area contributed by atoms with Crippen LogP contribution in [0, 0.1) is 0 Å². The van der Waals surface area contributed by atoms with Gasteiger partial charge in [0.25, 0.3) is 0 Å². The third-order valence-electron chi connectivity index (χ3n) is 2.18. The van der Waals surface area contributed by atoms with Gasteiger partial charge in [-0.05, 0) is 17.7 Å². The van der Waals surface area contributed by atoms with Gasteiger partial charge < -0.3 is 15.2 Å². The number of methoxy groups -OCH3 is 1. The van der Waals surface area contributed by atoms with Crippen LogP contribution in [0.3, 0.4) is 0 Å². The maximum absolute atomic E-state index is 12.5. The molecule has 2 N–H and O–H groups in total. The summed E-state index contributed by atoms with van der Waals surface area (Å²) in [6.07, 6.45) is -4.54. The first kappa shape index (κ1) is 13.8. The average molecular weight is 249 g/mol. The molecule has 3 nitrogen and oxygen atoms in total. The highest BCUT2D eigenvalue weighted by atomic mass is 19.4. The summed E-state index contributed by atoms with van der Waals surface area (Å²) in [5, 5.41) is 12.0. The highest BCUT2D eigenvalue weighted by molar-refractivity contribution is 5.38. The number of ether oxygens (including phenoxy) is 1. The van der Waals surface area contributed by atoms with Gasteiger partial charge in [0.1, 0.15) is 5.75 Å². The molecular weight excluding hydrogens is 235 g/mol. The van der Waals surface area contributed by atoms with E-state index in [2.05, 4.69) is 5.32 Å². The van der Waals surface area contributed by atoms with E-state index < -0.39 is 17.5 Å². The SMILES string of the molecule is COCCNCc1ccc(O)c(C(F)(F)F)c1. The van der Waals surface area contributed by atoms with E-state index in [0.29, 0.717) is 25.3 Å². The zero-order chi connectivity index (χ0) is 12.9. The quantitative estimate of drug-likeness (QED) is 0.786. The van der Waals surface area contributed by atoms with Crippen molar-refractivity contribution in [1.82, 2.24) is 5.32 Å². The minimum absolute atomic E-state index is 0.298. The smallest absolute Gasteiger partial charge is 0.419 e. The van der Waals surface area contributed by atoms with Gasteiger partial charge in [0.15, 0.2) is 0 Å². The number of phenols is 1. The summed E-state index contributed by atoms with van der Waals surface area (Å²) in [5.74, 6) is -0.752. The van der Waals surface area contributed by atoms with Crippen LogP contribution < -0.4 is 5.32 Å². The van der Waals surface area contributed by atoms with Crippen LogP contribution in [0.25, 0.3) is 0 Å². The number of alkyl halides is 3. The monoisotopic (exact) mass is 249 g/mol. The second-order valence-electron chi connectivity index (χ2n) is 3.52. The molecule has 1 rings (SSSR count). The lowest BCUT2D eigenvalue weighted by Crippen LogP contribution is -2.19. The van der Waals surface area contributed by atoms with Gasteiger partial charge in [0, 0.05) is 20.2 Å². The molecule has 96 valence electrons. The standard InChI is InChI=1S/C11H14F3NO2/c1-17-5-4-15-7-8-2-3-10(16)9(6-8)11(12,13)14/h2-3,6,15-16H,4-5,7H2,1H3. The first-order valence-electron chi connectivity index (χ1n) is 5.04. The average Bonchev–Trinajstić information content (AvgIpc) is 2.25. The third kappa shape index (κ3) is 4.24. The maximum atomic E-state index is 12.5. The molecule has 0 amide bonds. The molecule has 1 aromatic rings. The molecule has 0 heterocycles. The Morgan fingerprint density at radius 3 is 2.65 bits per heavy atom. The zero-order valence-corrected chi connectivity index (χ0v) is 9.34. The molecular formula is C11H14F3NO2. The molecule has 6 heteroatoms. The second kappa shape index (κ2) is 5.88. The van der Waals surface area contributed by atoms with Gasteiger partial charge in [-0.1, -0.05) is 6.07 Å². The fourth-order valence-corrected chi connectivity index (χ4v) is 1.33.